The zero-order chi connectivity index (χ0) is 15.9. The Morgan fingerprint density at radius 3 is 2.55 bits per heavy atom. The highest BCUT2D eigenvalue weighted by atomic mass is 16.5. The number of rotatable bonds is 5. The second kappa shape index (κ2) is 7.26. The Kier molecular flexibility index (Phi) is 5.14. The van der Waals surface area contributed by atoms with Crippen LogP contribution in [-0.2, 0) is 16.1 Å². The summed E-state index contributed by atoms with van der Waals surface area (Å²) >= 11 is 0. The molecule has 2 aromatic carbocycles. The van der Waals surface area contributed by atoms with Crippen LogP contribution in [0.2, 0.25) is 0 Å². The van der Waals surface area contributed by atoms with Crippen molar-refractivity contribution in [3.05, 3.63) is 65.2 Å². The summed E-state index contributed by atoms with van der Waals surface area (Å²) in [7, 11) is 0. The first-order valence-electron chi connectivity index (χ1n) is 6.83. The molecule has 2 aromatic rings. The van der Waals surface area contributed by atoms with Gasteiger partial charge in [0.15, 0.2) is 6.61 Å². The van der Waals surface area contributed by atoms with E-state index in [0.29, 0.717) is 6.54 Å². The molecule has 0 atom stereocenters. The quantitative estimate of drug-likeness (QED) is 0.830. The summed E-state index contributed by atoms with van der Waals surface area (Å²) in [6.45, 7) is 2.01. The molecule has 0 aliphatic carbocycles. The Labute approximate surface area is 128 Å². The predicted octanol–water partition coefficient (Wildman–Crippen LogP) is 2.17. The zero-order valence-electron chi connectivity index (χ0n) is 12.2. The summed E-state index contributed by atoms with van der Waals surface area (Å²) in [6, 6.07) is 13.5. The molecule has 5 nitrogen and oxygen atoms in total. The van der Waals surface area contributed by atoms with Crippen LogP contribution < -0.4 is 5.32 Å². The van der Waals surface area contributed by atoms with Crippen molar-refractivity contribution in [3.63, 3.8) is 0 Å². The van der Waals surface area contributed by atoms with Crippen molar-refractivity contribution < 1.29 is 19.4 Å². The molecular formula is C17H17NO4. The van der Waals surface area contributed by atoms with Crippen molar-refractivity contribution >= 4 is 11.9 Å². The second-order valence-electron chi connectivity index (χ2n) is 4.89. The highest BCUT2D eigenvalue weighted by Crippen LogP contribution is 2.11. The lowest BCUT2D eigenvalue weighted by atomic mass is 10.1. The number of nitrogens with one attached hydrogen (secondary N) is 1. The van der Waals surface area contributed by atoms with Crippen LogP contribution in [0, 0.1) is 6.92 Å². The van der Waals surface area contributed by atoms with Gasteiger partial charge in [0.1, 0.15) is 5.75 Å². The van der Waals surface area contributed by atoms with Gasteiger partial charge in [-0.2, -0.15) is 0 Å². The highest BCUT2D eigenvalue weighted by Gasteiger charge is 2.10. The maximum absolute atomic E-state index is 11.7. The maximum atomic E-state index is 11.7. The van der Waals surface area contributed by atoms with Gasteiger partial charge in [0, 0.05) is 6.54 Å². The van der Waals surface area contributed by atoms with E-state index in [4.69, 9.17) is 4.74 Å². The summed E-state index contributed by atoms with van der Waals surface area (Å²) in [5, 5.41) is 12.0. The first-order valence-corrected chi connectivity index (χ1v) is 6.83. The van der Waals surface area contributed by atoms with Crippen molar-refractivity contribution in [2.24, 2.45) is 0 Å². The molecule has 2 N–H and O–H groups in total. The first-order chi connectivity index (χ1) is 10.5. The number of carbonyl (C=O) groups is 2. The average molecular weight is 299 g/mol. The Balaban J connectivity index is 1.78. The van der Waals surface area contributed by atoms with Crippen molar-refractivity contribution in [2.75, 3.05) is 6.61 Å². The standard InChI is InChI=1S/C17H17NO4/c1-12-5-7-13(8-6-12)10-18-16(20)11-22-17(21)14-3-2-4-15(19)9-14/h2-9,19H,10-11H2,1H3,(H,18,20). The Bertz CT molecular complexity index is 665. The first kappa shape index (κ1) is 15.6. The fourth-order valence-electron chi connectivity index (χ4n) is 1.80. The van der Waals surface area contributed by atoms with E-state index in [9.17, 15) is 14.7 Å². The third-order valence-corrected chi connectivity index (χ3v) is 3.03. The SMILES string of the molecule is Cc1ccc(CNC(=O)COC(=O)c2cccc(O)c2)cc1. The van der Waals surface area contributed by atoms with Gasteiger partial charge < -0.3 is 15.2 Å². The Morgan fingerprint density at radius 1 is 1.14 bits per heavy atom. The molecule has 0 unspecified atom stereocenters. The third kappa shape index (κ3) is 4.63. The lowest BCUT2D eigenvalue weighted by Crippen LogP contribution is -2.28. The number of amides is 1. The number of phenolic OH excluding ortho intramolecular Hbond substituents is 1. The maximum Gasteiger partial charge on any atom is 0.338 e. The van der Waals surface area contributed by atoms with Gasteiger partial charge in [-0.15, -0.1) is 0 Å². The van der Waals surface area contributed by atoms with Crippen LogP contribution in [0.1, 0.15) is 21.5 Å². The number of phenols is 1. The molecule has 0 saturated carbocycles. The van der Waals surface area contributed by atoms with Gasteiger partial charge in [-0.05, 0) is 30.7 Å². The fourth-order valence-corrected chi connectivity index (χ4v) is 1.80. The number of aromatic hydroxyl groups is 1. The van der Waals surface area contributed by atoms with Gasteiger partial charge in [0.05, 0.1) is 5.56 Å². The predicted molar refractivity (Wildman–Crippen MR) is 81.4 cm³/mol. The molecule has 0 fully saturated rings. The number of esters is 1. The second-order valence-corrected chi connectivity index (χ2v) is 4.89. The van der Waals surface area contributed by atoms with E-state index in [0.717, 1.165) is 11.1 Å². The fraction of sp³-hybridized carbons (Fsp3) is 0.176. The van der Waals surface area contributed by atoms with Crippen molar-refractivity contribution in [1.29, 1.82) is 0 Å². The summed E-state index contributed by atoms with van der Waals surface area (Å²) in [5.41, 5.74) is 2.32. The summed E-state index contributed by atoms with van der Waals surface area (Å²) in [5.74, 6) is -1.06. The lowest BCUT2D eigenvalue weighted by molar-refractivity contribution is -0.124. The number of ether oxygens (including phenoxy) is 1. The topological polar surface area (TPSA) is 75.6 Å². The van der Waals surface area contributed by atoms with E-state index in [1.165, 1.54) is 24.3 Å². The molecule has 1 amide bonds. The molecule has 22 heavy (non-hydrogen) atoms. The van der Waals surface area contributed by atoms with Gasteiger partial charge in [0.25, 0.3) is 5.91 Å². The van der Waals surface area contributed by atoms with Gasteiger partial charge in [-0.1, -0.05) is 35.9 Å². The summed E-state index contributed by atoms with van der Waals surface area (Å²) in [4.78, 5) is 23.3. The monoisotopic (exact) mass is 299 g/mol. The van der Waals surface area contributed by atoms with Crippen molar-refractivity contribution in [3.8, 4) is 5.75 Å². The van der Waals surface area contributed by atoms with Crippen LogP contribution in [-0.4, -0.2) is 23.6 Å². The number of hydrogen-bond acceptors (Lipinski definition) is 4. The van der Waals surface area contributed by atoms with Gasteiger partial charge in [-0.3, -0.25) is 4.79 Å². The average Bonchev–Trinajstić information content (AvgIpc) is 2.52. The molecule has 114 valence electrons. The Hall–Kier alpha value is -2.82. The molecule has 0 aliphatic heterocycles. The van der Waals surface area contributed by atoms with Crippen LogP contribution in [0.5, 0.6) is 5.75 Å². The molecule has 0 saturated heterocycles. The van der Waals surface area contributed by atoms with E-state index in [1.54, 1.807) is 0 Å². The van der Waals surface area contributed by atoms with Crippen LogP contribution in [0.3, 0.4) is 0 Å². The minimum atomic E-state index is -0.651. The van der Waals surface area contributed by atoms with E-state index < -0.39 is 5.97 Å². The van der Waals surface area contributed by atoms with Crippen molar-refractivity contribution in [2.45, 2.75) is 13.5 Å². The molecular weight excluding hydrogens is 282 g/mol. The van der Waals surface area contributed by atoms with Crippen LogP contribution in [0.25, 0.3) is 0 Å². The minimum Gasteiger partial charge on any atom is -0.508 e. The molecule has 0 bridgehead atoms. The lowest BCUT2D eigenvalue weighted by Gasteiger charge is -2.07. The largest absolute Gasteiger partial charge is 0.508 e. The molecule has 0 radical (unpaired) electrons. The summed E-state index contributed by atoms with van der Waals surface area (Å²) < 4.78 is 4.89. The van der Waals surface area contributed by atoms with Gasteiger partial charge in [0.2, 0.25) is 0 Å². The molecule has 0 spiro atoms. The molecule has 5 heteroatoms. The minimum absolute atomic E-state index is 0.0294. The van der Waals surface area contributed by atoms with Gasteiger partial charge >= 0.3 is 5.97 Å². The molecule has 0 aliphatic rings. The zero-order valence-corrected chi connectivity index (χ0v) is 12.2. The van der Waals surface area contributed by atoms with Gasteiger partial charge in [-0.25, -0.2) is 4.79 Å². The third-order valence-electron chi connectivity index (χ3n) is 3.03. The van der Waals surface area contributed by atoms with Crippen LogP contribution in [0.15, 0.2) is 48.5 Å². The van der Waals surface area contributed by atoms with E-state index >= 15 is 0 Å². The number of carbonyl (C=O) groups excluding carboxylic acids is 2. The van der Waals surface area contributed by atoms with E-state index in [-0.39, 0.29) is 23.8 Å². The molecule has 0 heterocycles. The molecule has 0 aromatic heterocycles. The number of aryl methyl sites for hydroxylation is 1. The molecule has 2 rings (SSSR count). The smallest absolute Gasteiger partial charge is 0.338 e. The van der Waals surface area contributed by atoms with Crippen LogP contribution >= 0.6 is 0 Å². The highest BCUT2D eigenvalue weighted by molar-refractivity contribution is 5.91. The van der Waals surface area contributed by atoms with E-state index in [1.807, 2.05) is 31.2 Å². The van der Waals surface area contributed by atoms with Crippen LogP contribution in [0.4, 0.5) is 0 Å². The normalized spacial score (nSPS) is 10.0. The number of benzene rings is 2. The number of hydrogen-bond donors (Lipinski definition) is 2. The Morgan fingerprint density at radius 2 is 1.86 bits per heavy atom. The van der Waals surface area contributed by atoms with E-state index in [2.05, 4.69) is 5.32 Å². The summed E-state index contributed by atoms with van der Waals surface area (Å²) in [6.07, 6.45) is 0. The van der Waals surface area contributed by atoms with Crippen molar-refractivity contribution in [1.82, 2.24) is 5.32 Å².